The fourth-order valence-electron chi connectivity index (χ4n) is 2.04. The van der Waals surface area contributed by atoms with Gasteiger partial charge in [-0.2, -0.15) is 0 Å². The smallest absolute Gasteiger partial charge is 0.305 e. The molecule has 15 heavy (non-hydrogen) atoms. The predicted octanol–water partition coefficient (Wildman–Crippen LogP) is 2.94. The first-order valence-corrected chi connectivity index (χ1v) is 5.49. The van der Waals surface area contributed by atoms with Crippen molar-refractivity contribution >= 4 is 5.97 Å². The lowest BCUT2D eigenvalue weighted by Crippen LogP contribution is -2.21. The summed E-state index contributed by atoms with van der Waals surface area (Å²) in [6, 6.07) is 0. The molecule has 3 nitrogen and oxygen atoms in total. The first kappa shape index (κ1) is 14.4. The Labute approximate surface area is 92.8 Å². The van der Waals surface area contributed by atoms with Crippen LogP contribution in [0.5, 0.6) is 0 Å². The second kappa shape index (κ2) is 6.11. The first-order chi connectivity index (χ1) is 6.74. The molecule has 0 aromatic heterocycles. The van der Waals surface area contributed by atoms with E-state index in [1.165, 1.54) is 0 Å². The monoisotopic (exact) mass is 216 g/mol. The summed E-state index contributed by atoms with van der Waals surface area (Å²) in [7, 11) is 1.58. The van der Waals surface area contributed by atoms with Crippen LogP contribution in [0.4, 0.5) is 0 Å². The predicted molar refractivity (Wildman–Crippen MR) is 60.9 cm³/mol. The maximum atomic E-state index is 10.6. The van der Waals surface area contributed by atoms with Gasteiger partial charge in [-0.05, 0) is 24.2 Å². The Bertz CT molecular complexity index is 194. The molecular formula is C12H24O3. The van der Waals surface area contributed by atoms with E-state index in [9.17, 15) is 4.79 Å². The Hall–Kier alpha value is -0.570. The van der Waals surface area contributed by atoms with Crippen molar-refractivity contribution in [1.82, 2.24) is 0 Å². The van der Waals surface area contributed by atoms with Crippen LogP contribution in [0.3, 0.4) is 0 Å². The van der Waals surface area contributed by atoms with Crippen LogP contribution in [-0.2, 0) is 9.53 Å². The van der Waals surface area contributed by atoms with E-state index in [0.29, 0.717) is 11.3 Å². The lowest BCUT2D eigenvalue weighted by molar-refractivity contribution is -0.140. The zero-order chi connectivity index (χ0) is 12.1. The number of carboxylic acids is 1. The molecule has 0 fully saturated rings. The lowest BCUT2D eigenvalue weighted by Gasteiger charge is -2.25. The molecular weight excluding hydrogens is 192 g/mol. The highest BCUT2D eigenvalue weighted by molar-refractivity contribution is 5.67. The van der Waals surface area contributed by atoms with Crippen molar-refractivity contribution in [2.75, 3.05) is 7.11 Å². The molecule has 0 unspecified atom stereocenters. The van der Waals surface area contributed by atoms with Gasteiger partial charge in [0.1, 0.15) is 0 Å². The number of aliphatic carboxylic acids is 1. The van der Waals surface area contributed by atoms with Crippen molar-refractivity contribution in [3.63, 3.8) is 0 Å². The molecule has 0 aliphatic carbocycles. The van der Waals surface area contributed by atoms with Crippen LogP contribution in [0.25, 0.3) is 0 Å². The van der Waals surface area contributed by atoms with E-state index in [1.807, 2.05) is 0 Å². The SMILES string of the molecule is CO[C@H](CC(=O)O)C[C@@H](C)CC(C)(C)C. The van der Waals surface area contributed by atoms with Gasteiger partial charge in [0.15, 0.2) is 0 Å². The third-order valence-electron chi connectivity index (χ3n) is 2.36. The zero-order valence-electron chi connectivity index (χ0n) is 10.5. The highest BCUT2D eigenvalue weighted by atomic mass is 16.5. The number of carboxylic acid groups (broad SMARTS) is 1. The maximum absolute atomic E-state index is 10.6. The second-order valence-corrected chi connectivity index (χ2v) is 5.56. The van der Waals surface area contributed by atoms with Gasteiger partial charge in [0, 0.05) is 7.11 Å². The lowest BCUT2D eigenvalue weighted by atomic mass is 9.83. The summed E-state index contributed by atoms with van der Waals surface area (Å²) in [4.78, 5) is 10.6. The molecule has 0 spiro atoms. The molecule has 90 valence electrons. The van der Waals surface area contributed by atoms with Crippen LogP contribution in [0, 0.1) is 11.3 Å². The van der Waals surface area contributed by atoms with Crippen molar-refractivity contribution in [2.45, 2.75) is 53.1 Å². The van der Waals surface area contributed by atoms with Gasteiger partial charge in [-0.25, -0.2) is 0 Å². The van der Waals surface area contributed by atoms with Gasteiger partial charge in [0.05, 0.1) is 12.5 Å². The molecule has 2 atom stereocenters. The number of methoxy groups -OCH3 is 1. The maximum Gasteiger partial charge on any atom is 0.305 e. The highest BCUT2D eigenvalue weighted by Crippen LogP contribution is 2.27. The Kier molecular flexibility index (Phi) is 5.88. The molecule has 0 aliphatic rings. The summed E-state index contributed by atoms with van der Waals surface area (Å²) >= 11 is 0. The van der Waals surface area contributed by atoms with Gasteiger partial charge in [0.25, 0.3) is 0 Å². The molecule has 0 saturated carbocycles. The van der Waals surface area contributed by atoms with Crippen molar-refractivity contribution in [3.8, 4) is 0 Å². The number of hydrogen-bond donors (Lipinski definition) is 1. The zero-order valence-corrected chi connectivity index (χ0v) is 10.5. The topological polar surface area (TPSA) is 46.5 Å². The molecule has 0 heterocycles. The molecule has 3 heteroatoms. The van der Waals surface area contributed by atoms with Crippen molar-refractivity contribution in [1.29, 1.82) is 0 Å². The molecule has 0 aromatic rings. The Morgan fingerprint density at radius 2 is 1.93 bits per heavy atom. The summed E-state index contributed by atoms with van der Waals surface area (Å²) < 4.78 is 5.17. The average Bonchev–Trinajstić information content (AvgIpc) is 1.98. The highest BCUT2D eigenvalue weighted by Gasteiger charge is 2.20. The van der Waals surface area contributed by atoms with Crippen LogP contribution in [0.1, 0.15) is 47.0 Å². The van der Waals surface area contributed by atoms with Gasteiger partial charge in [-0.3, -0.25) is 4.79 Å². The van der Waals surface area contributed by atoms with Crippen LogP contribution < -0.4 is 0 Å². The van der Waals surface area contributed by atoms with Gasteiger partial charge >= 0.3 is 5.97 Å². The Morgan fingerprint density at radius 3 is 2.27 bits per heavy atom. The van der Waals surface area contributed by atoms with E-state index >= 15 is 0 Å². The minimum absolute atomic E-state index is 0.102. The summed E-state index contributed by atoms with van der Waals surface area (Å²) in [5, 5.41) is 8.68. The minimum Gasteiger partial charge on any atom is -0.481 e. The van der Waals surface area contributed by atoms with Crippen molar-refractivity contribution in [2.24, 2.45) is 11.3 Å². The van der Waals surface area contributed by atoms with E-state index in [4.69, 9.17) is 9.84 Å². The average molecular weight is 216 g/mol. The van der Waals surface area contributed by atoms with Crippen LogP contribution in [-0.4, -0.2) is 24.3 Å². The third kappa shape index (κ3) is 8.43. The molecule has 0 saturated heterocycles. The second-order valence-electron chi connectivity index (χ2n) is 5.56. The van der Waals surface area contributed by atoms with Crippen molar-refractivity contribution in [3.05, 3.63) is 0 Å². The quantitative estimate of drug-likeness (QED) is 0.742. The van der Waals surface area contributed by atoms with E-state index in [-0.39, 0.29) is 12.5 Å². The van der Waals surface area contributed by atoms with Crippen LogP contribution in [0.2, 0.25) is 0 Å². The normalized spacial score (nSPS) is 16.1. The molecule has 0 amide bonds. The fraction of sp³-hybridized carbons (Fsp3) is 0.917. The van der Waals surface area contributed by atoms with Gasteiger partial charge in [-0.1, -0.05) is 27.7 Å². The molecule has 0 radical (unpaired) electrons. The van der Waals surface area contributed by atoms with Gasteiger partial charge in [0.2, 0.25) is 0 Å². The largest absolute Gasteiger partial charge is 0.481 e. The Balaban J connectivity index is 4.01. The molecule has 0 rings (SSSR count). The Morgan fingerprint density at radius 1 is 1.40 bits per heavy atom. The third-order valence-corrected chi connectivity index (χ3v) is 2.36. The van der Waals surface area contributed by atoms with Crippen LogP contribution in [0.15, 0.2) is 0 Å². The van der Waals surface area contributed by atoms with E-state index < -0.39 is 5.97 Å². The summed E-state index contributed by atoms with van der Waals surface area (Å²) in [5.41, 5.74) is 0.293. The standard InChI is InChI=1S/C12H24O3/c1-9(8-12(2,3)4)6-10(15-5)7-11(13)14/h9-10H,6-8H2,1-5H3,(H,13,14)/t9-,10+/m1/s1. The molecule has 1 N–H and O–H groups in total. The number of ether oxygens (including phenoxy) is 1. The van der Waals surface area contributed by atoms with E-state index in [1.54, 1.807) is 7.11 Å². The molecule has 0 bridgehead atoms. The minimum atomic E-state index is -0.787. The number of hydrogen-bond acceptors (Lipinski definition) is 2. The molecule has 0 aliphatic heterocycles. The summed E-state index contributed by atoms with van der Waals surface area (Å²) in [6.45, 7) is 8.74. The van der Waals surface area contributed by atoms with E-state index in [0.717, 1.165) is 12.8 Å². The van der Waals surface area contributed by atoms with Crippen LogP contribution >= 0.6 is 0 Å². The number of carbonyl (C=O) groups is 1. The fourth-order valence-corrected chi connectivity index (χ4v) is 2.04. The van der Waals surface area contributed by atoms with Gasteiger partial charge < -0.3 is 9.84 Å². The summed E-state index contributed by atoms with van der Waals surface area (Å²) in [6.07, 6.45) is 1.86. The van der Waals surface area contributed by atoms with Crippen molar-refractivity contribution < 1.29 is 14.6 Å². The number of rotatable bonds is 6. The van der Waals surface area contributed by atoms with E-state index in [2.05, 4.69) is 27.7 Å². The van der Waals surface area contributed by atoms with Gasteiger partial charge in [-0.15, -0.1) is 0 Å². The summed E-state index contributed by atoms with van der Waals surface area (Å²) in [5.74, 6) is -0.292. The molecule has 0 aromatic carbocycles. The first-order valence-electron chi connectivity index (χ1n) is 5.49.